The maximum atomic E-state index is 13.1. The van der Waals surface area contributed by atoms with Crippen LogP contribution in [0.5, 0.6) is 5.88 Å². The summed E-state index contributed by atoms with van der Waals surface area (Å²) < 4.78 is 0.748. The third-order valence-corrected chi connectivity index (χ3v) is 5.90. The molecule has 0 bridgehead atoms. The van der Waals surface area contributed by atoms with Crippen LogP contribution in [0.15, 0.2) is 105 Å². The average molecular weight is 543 g/mol. The molecule has 3 aromatic carbocycles. The fraction of sp³-hybridized carbons (Fsp3) is 0.0714. The van der Waals surface area contributed by atoms with Gasteiger partial charge in [0, 0.05) is 15.4 Å². The molecule has 0 aliphatic carbocycles. The van der Waals surface area contributed by atoms with Gasteiger partial charge < -0.3 is 15.4 Å². The summed E-state index contributed by atoms with van der Waals surface area (Å²) in [5.41, 5.74) is 3.72. The number of nitrogens with zero attached hydrogens (tertiary/aromatic N) is 2. The number of fused-ring (bicyclic) bond motifs is 1. The van der Waals surface area contributed by atoms with Crippen molar-refractivity contribution in [2.24, 2.45) is 10.2 Å². The van der Waals surface area contributed by atoms with Crippen LogP contribution >= 0.6 is 15.9 Å². The topological polar surface area (TPSA) is 107 Å². The van der Waals surface area contributed by atoms with E-state index in [9.17, 15) is 14.7 Å². The van der Waals surface area contributed by atoms with Gasteiger partial charge in [0.05, 0.1) is 5.52 Å². The summed E-state index contributed by atoms with van der Waals surface area (Å²) in [7, 11) is 0. The van der Waals surface area contributed by atoms with Crippen molar-refractivity contribution in [3.05, 3.63) is 111 Å². The Morgan fingerprint density at radius 1 is 1.03 bits per heavy atom. The Balaban J connectivity index is 1.68. The molecule has 7 nitrogen and oxygen atoms in total. The molecule has 36 heavy (non-hydrogen) atoms. The number of rotatable bonds is 6. The van der Waals surface area contributed by atoms with Crippen LogP contribution < -0.4 is 5.32 Å². The van der Waals surface area contributed by atoms with Crippen LogP contribution in [0.3, 0.4) is 0 Å². The fourth-order valence-electron chi connectivity index (χ4n) is 3.63. The highest BCUT2D eigenvalue weighted by atomic mass is 79.9. The van der Waals surface area contributed by atoms with Crippen molar-refractivity contribution in [2.45, 2.75) is 13.8 Å². The lowest BCUT2D eigenvalue weighted by molar-refractivity contribution is -0.115. The number of carbonyl (C=O) groups is 2. The van der Waals surface area contributed by atoms with E-state index in [1.807, 2.05) is 62.4 Å². The molecule has 0 atom stereocenters. The summed E-state index contributed by atoms with van der Waals surface area (Å²) in [5.74, 6) is -1.43. The number of aromatic nitrogens is 1. The lowest BCUT2D eigenvalue weighted by atomic mass is 10.1. The van der Waals surface area contributed by atoms with E-state index in [2.05, 4.69) is 36.5 Å². The van der Waals surface area contributed by atoms with Gasteiger partial charge in [-0.15, -0.1) is 10.2 Å². The molecule has 0 radical (unpaired) electrons. The molecule has 0 aliphatic heterocycles. The highest BCUT2D eigenvalue weighted by Gasteiger charge is 2.17. The molecule has 0 spiro atoms. The maximum Gasteiger partial charge on any atom is 0.311 e. The van der Waals surface area contributed by atoms with Gasteiger partial charge in [0.2, 0.25) is 5.88 Å². The monoisotopic (exact) mass is 542 g/mol. The summed E-state index contributed by atoms with van der Waals surface area (Å²) >= 11 is 3.46. The lowest BCUT2D eigenvalue weighted by Gasteiger charge is -2.07. The Hall–Kier alpha value is -4.30. The number of hydrogen-bond donors (Lipinski definition) is 3. The van der Waals surface area contributed by atoms with Crippen molar-refractivity contribution in [3.8, 4) is 5.88 Å². The minimum absolute atomic E-state index is 0.0472. The van der Waals surface area contributed by atoms with Gasteiger partial charge in [-0.3, -0.25) is 9.59 Å². The molecule has 4 rings (SSSR count). The molecule has 0 unspecified atom stereocenters. The number of carbonyl (C=O) groups excluding carboxylic acids is 2. The third-order valence-electron chi connectivity index (χ3n) is 5.28. The Labute approximate surface area is 216 Å². The summed E-state index contributed by atoms with van der Waals surface area (Å²) in [5, 5.41) is 21.5. The van der Waals surface area contributed by atoms with Gasteiger partial charge in [-0.05, 0) is 76.8 Å². The fourth-order valence-corrected chi connectivity index (χ4v) is 4.30. The number of nitrogens with one attached hydrogen (secondary N) is 2. The first-order valence-electron chi connectivity index (χ1n) is 11.1. The number of hydrogen-bond acceptors (Lipinski definition) is 4. The molecule has 3 N–H and O–H groups in total. The molecule has 4 aromatic rings. The second-order valence-electron chi connectivity index (χ2n) is 8.17. The van der Waals surface area contributed by atoms with E-state index >= 15 is 0 Å². The van der Waals surface area contributed by atoms with E-state index in [-0.39, 0.29) is 17.3 Å². The molecule has 180 valence electrons. The van der Waals surface area contributed by atoms with Gasteiger partial charge in [-0.2, -0.15) is 0 Å². The van der Waals surface area contributed by atoms with Crippen LogP contribution in [0.1, 0.15) is 28.4 Å². The molecule has 1 heterocycles. The zero-order valence-electron chi connectivity index (χ0n) is 19.6. The number of benzene rings is 3. The number of azo groups is 1. The number of aryl methyl sites for hydroxylation is 1. The van der Waals surface area contributed by atoms with Crippen molar-refractivity contribution in [1.29, 1.82) is 0 Å². The molecule has 0 fully saturated rings. The molecule has 0 aliphatic rings. The number of aromatic amines is 1. The molecule has 2 amide bonds. The standard InChI is InChI=1S/C28H23BrN4O3/c1-17(13-19-9-5-3-6-10-19)16-23(30-26(34)20-11-7-4-8-12-20)27(35)33-32-25-21-14-18(2)15-22(29)24(21)31-28(25)36/h3-16,31,36H,1-2H3,(H,30,34)/b17-13-,23-16-,33-32?. The largest absolute Gasteiger partial charge is 0.493 e. The van der Waals surface area contributed by atoms with Crippen molar-refractivity contribution in [3.63, 3.8) is 0 Å². The third kappa shape index (κ3) is 5.84. The van der Waals surface area contributed by atoms with Crippen molar-refractivity contribution in [1.82, 2.24) is 10.3 Å². The summed E-state index contributed by atoms with van der Waals surface area (Å²) in [6, 6.07) is 21.9. The van der Waals surface area contributed by atoms with Gasteiger partial charge >= 0.3 is 5.91 Å². The molecular formula is C28H23BrN4O3. The van der Waals surface area contributed by atoms with Crippen LogP contribution in [0.25, 0.3) is 17.0 Å². The van der Waals surface area contributed by atoms with Crippen molar-refractivity contribution >= 4 is 50.4 Å². The normalized spacial score (nSPS) is 12.3. The zero-order valence-corrected chi connectivity index (χ0v) is 21.2. The SMILES string of the molecule is CC(=C/c1ccccc1)/C=C(\NC(=O)c1ccccc1)C(=O)N=Nc1c(O)[nH]c2c(Br)cc(C)cc12. The van der Waals surface area contributed by atoms with E-state index in [0.717, 1.165) is 21.2 Å². The predicted octanol–water partition coefficient (Wildman–Crippen LogP) is 6.97. The second-order valence-corrected chi connectivity index (χ2v) is 9.03. The Morgan fingerprint density at radius 2 is 1.69 bits per heavy atom. The average Bonchev–Trinajstić information content (AvgIpc) is 3.18. The Morgan fingerprint density at radius 3 is 2.39 bits per heavy atom. The minimum atomic E-state index is -0.763. The highest BCUT2D eigenvalue weighted by Crippen LogP contribution is 2.39. The van der Waals surface area contributed by atoms with Gasteiger partial charge in [0.25, 0.3) is 5.91 Å². The quantitative estimate of drug-likeness (QED) is 0.139. The van der Waals surface area contributed by atoms with Crippen LogP contribution in [0.4, 0.5) is 5.69 Å². The van der Waals surface area contributed by atoms with Crippen molar-refractivity contribution in [2.75, 3.05) is 0 Å². The molecule has 1 aromatic heterocycles. The van der Waals surface area contributed by atoms with Crippen molar-refractivity contribution < 1.29 is 14.7 Å². The number of aromatic hydroxyl groups is 1. The first-order valence-corrected chi connectivity index (χ1v) is 11.9. The van der Waals surface area contributed by atoms with Gasteiger partial charge in [0.1, 0.15) is 5.70 Å². The number of amides is 2. The van der Waals surface area contributed by atoms with Crippen LogP contribution in [0.2, 0.25) is 0 Å². The summed E-state index contributed by atoms with van der Waals surface area (Å²) in [4.78, 5) is 28.7. The number of halogens is 1. The number of H-pyrrole nitrogens is 1. The molecule has 8 heteroatoms. The molecule has 0 saturated carbocycles. The van der Waals surface area contributed by atoms with Gasteiger partial charge in [-0.1, -0.05) is 54.6 Å². The summed E-state index contributed by atoms with van der Waals surface area (Å²) in [6.45, 7) is 3.72. The molecular weight excluding hydrogens is 520 g/mol. The molecule has 0 saturated heterocycles. The number of allylic oxidation sites excluding steroid dienone is 2. The predicted molar refractivity (Wildman–Crippen MR) is 144 cm³/mol. The summed E-state index contributed by atoms with van der Waals surface area (Å²) in [6.07, 6.45) is 3.43. The Kier molecular flexibility index (Phi) is 7.56. The first-order chi connectivity index (χ1) is 17.3. The van der Waals surface area contributed by atoms with E-state index in [1.165, 1.54) is 0 Å². The highest BCUT2D eigenvalue weighted by molar-refractivity contribution is 9.10. The van der Waals surface area contributed by atoms with Crippen LogP contribution in [0, 0.1) is 6.92 Å². The zero-order chi connectivity index (χ0) is 25.7. The van der Waals surface area contributed by atoms with E-state index in [1.54, 1.807) is 36.4 Å². The van der Waals surface area contributed by atoms with Gasteiger partial charge in [-0.25, -0.2) is 0 Å². The van der Waals surface area contributed by atoms with E-state index in [4.69, 9.17) is 0 Å². The second kappa shape index (κ2) is 11.0. The van der Waals surface area contributed by atoms with E-state index in [0.29, 0.717) is 16.5 Å². The first kappa shape index (κ1) is 24.8. The van der Waals surface area contributed by atoms with E-state index < -0.39 is 11.8 Å². The van der Waals surface area contributed by atoms with Crippen LogP contribution in [-0.4, -0.2) is 21.9 Å². The smallest absolute Gasteiger partial charge is 0.311 e. The lowest BCUT2D eigenvalue weighted by Crippen LogP contribution is -2.26. The minimum Gasteiger partial charge on any atom is -0.493 e. The maximum absolute atomic E-state index is 13.1. The van der Waals surface area contributed by atoms with Gasteiger partial charge in [0.15, 0.2) is 5.69 Å². The van der Waals surface area contributed by atoms with Crippen LogP contribution in [-0.2, 0) is 4.79 Å². The Bertz CT molecular complexity index is 1520.